The SMILES string of the molecule is Cc1ccc(OCCn2cc(C(C)O)nn2)cc1. The molecule has 0 saturated heterocycles. The van der Waals surface area contributed by atoms with Gasteiger partial charge in [-0.1, -0.05) is 22.9 Å². The molecule has 96 valence electrons. The second-order valence-corrected chi connectivity index (χ2v) is 4.24. The van der Waals surface area contributed by atoms with E-state index in [2.05, 4.69) is 10.3 Å². The molecule has 0 bridgehead atoms. The highest BCUT2D eigenvalue weighted by Crippen LogP contribution is 2.11. The van der Waals surface area contributed by atoms with Crippen LogP contribution in [0.3, 0.4) is 0 Å². The smallest absolute Gasteiger partial charge is 0.119 e. The molecule has 0 fully saturated rings. The van der Waals surface area contributed by atoms with Crippen molar-refractivity contribution in [2.75, 3.05) is 6.61 Å². The number of benzene rings is 1. The van der Waals surface area contributed by atoms with Crippen molar-refractivity contribution in [2.45, 2.75) is 26.5 Å². The first-order valence-electron chi connectivity index (χ1n) is 5.93. The van der Waals surface area contributed by atoms with Crippen LogP contribution in [0.1, 0.15) is 24.3 Å². The van der Waals surface area contributed by atoms with Crippen molar-refractivity contribution in [3.05, 3.63) is 41.7 Å². The molecular formula is C13H17N3O2. The van der Waals surface area contributed by atoms with Crippen LogP contribution in [-0.4, -0.2) is 26.7 Å². The van der Waals surface area contributed by atoms with Gasteiger partial charge in [0.25, 0.3) is 0 Å². The summed E-state index contributed by atoms with van der Waals surface area (Å²) < 4.78 is 7.25. The van der Waals surface area contributed by atoms with Crippen LogP contribution in [0.15, 0.2) is 30.5 Å². The molecule has 1 atom stereocenters. The van der Waals surface area contributed by atoms with Crippen LogP contribution >= 0.6 is 0 Å². The molecule has 18 heavy (non-hydrogen) atoms. The van der Waals surface area contributed by atoms with Crippen molar-refractivity contribution in [1.29, 1.82) is 0 Å². The summed E-state index contributed by atoms with van der Waals surface area (Å²) in [4.78, 5) is 0. The Morgan fingerprint density at radius 1 is 1.33 bits per heavy atom. The lowest BCUT2D eigenvalue weighted by atomic mass is 10.2. The van der Waals surface area contributed by atoms with Gasteiger partial charge in [0.05, 0.1) is 18.8 Å². The number of rotatable bonds is 5. The van der Waals surface area contributed by atoms with E-state index < -0.39 is 6.10 Å². The van der Waals surface area contributed by atoms with Gasteiger partial charge in [-0.15, -0.1) is 5.10 Å². The molecule has 0 aliphatic rings. The molecule has 1 aromatic carbocycles. The number of ether oxygens (including phenoxy) is 1. The molecule has 2 rings (SSSR count). The molecule has 2 aromatic rings. The molecule has 1 unspecified atom stereocenters. The normalized spacial score (nSPS) is 12.4. The largest absolute Gasteiger partial charge is 0.492 e. The molecule has 0 saturated carbocycles. The molecule has 0 aliphatic heterocycles. The van der Waals surface area contributed by atoms with E-state index in [1.54, 1.807) is 17.8 Å². The fourth-order valence-electron chi connectivity index (χ4n) is 1.51. The summed E-state index contributed by atoms with van der Waals surface area (Å²) in [5.74, 6) is 0.844. The van der Waals surface area contributed by atoms with Crippen molar-refractivity contribution < 1.29 is 9.84 Å². The van der Waals surface area contributed by atoms with Gasteiger partial charge in [-0.05, 0) is 26.0 Å². The predicted molar refractivity (Wildman–Crippen MR) is 67.3 cm³/mol. The zero-order valence-corrected chi connectivity index (χ0v) is 10.6. The average Bonchev–Trinajstić information content (AvgIpc) is 2.81. The Morgan fingerprint density at radius 2 is 2.06 bits per heavy atom. The third kappa shape index (κ3) is 3.30. The molecule has 0 aliphatic carbocycles. The molecule has 5 heteroatoms. The summed E-state index contributed by atoms with van der Waals surface area (Å²) >= 11 is 0. The first-order chi connectivity index (χ1) is 8.65. The van der Waals surface area contributed by atoms with Gasteiger partial charge in [0.1, 0.15) is 18.1 Å². The van der Waals surface area contributed by atoms with Crippen LogP contribution in [0.2, 0.25) is 0 Å². The van der Waals surface area contributed by atoms with Gasteiger partial charge in [-0.2, -0.15) is 0 Å². The molecule has 0 radical (unpaired) electrons. The highest BCUT2D eigenvalue weighted by Gasteiger charge is 2.05. The first-order valence-corrected chi connectivity index (χ1v) is 5.93. The zero-order chi connectivity index (χ0) is 13.0. The number of hydrogen-bond donors (Lipinski definition) is 1. The molecule has 0 amide bonds. The molecule has 0 spiro atoms. The first kappa shape index (κ1) is 12.6. The van der Waals surface area contributed by atoms with E-state index in [-0.39, 0.29) is 0 Å². The number of aliphatic hydroxyl groups excluding tert-OH is 1. The molecule has 5 nitrogen and oxygen atoms in total. The second kappa shape index (κ2) is 5.64. The van der Waals surface area contributed by atoms with E-state index in [1.165, 1.54) is 5.56 Å². The fourth-order valence-corrected chi connectivity index (χ4v) is 1.51. The zero-order valence-electron chi connectivity index (χ0n) is 10.6. The second-order valence-electron chi connectivity index (χ2n) is 4.24. The number of hydrogen-bond acceptors (Lipinski definition) is 4. The summed E-state index contributed by atoms with van der Waals surface area (Å²) in [5, 5.41) is 17.1. The predicted octanol–water partition coefficient (Wildman–Crippen LogP) is 1.72. The van der Waals surface area contributed by atoms with Crippen LogP contribution in [0, 0.1) is 6.92 Å². The van der Waals surface area contributed by atoms with Crippen molar-refractivity contribution in [3.63, 3.8) is 0 Å². The minimum atomic E-state index is -0.586. The van der Waals surface area contributed by atoms with E-state index in [0.717, 1.165) is 5.75 Å². The quantitative estimate of drug-likeness (QED) is 0.874. The van der Waals surface area contributed by atoms with Gasteiger partial charge < -0.3 is 9.84 Å². The number of nitrogens with zero attached hydrogens (tertiary/aromatic N) is 3. The van der Waals surface area contributed by atoms with Crippen LogP contribution in [-0.2, 0) is 6.54 Å². The van der Waals surface area contributed by atoms with Gasteiger partial charge in [0.15, 0.2) is 0 Å². The third-order valence-electron chi connectivity index (χ3n) is 2.59. The van der Waals surface area contributed by atoms with E-state index >= 15 is 0 Å². The van der Waals surface area contributed by atoms with Gasteiger partial charge in [-0.25, -0.2) is 4.68 Å². The highest BCUT2D eigenvalue weighted by molar-refractivity contribution is 5.26. The Bertz CT molecular complexity index is 491. The number of aromatic nitrogens is 3. The maximum atomic E-state index is 9.32. The number of aliphatic hydroxyl groups is 1. The lowest BCUT2D eigenvalue weighted by molar-refractivity contribution is 0.194. The van der Waals surface area contributed by atoms with Crippen molar-refractivity contribution in [1.82, 2.24) is 15.0 Å². The van der Waals surface area contributed by atoms with Crippen LogP contribution < -0.4 is 4.74 Å². The monoisotopic (exact) mass is 247 g/mol. The van der Waals surface area contributed by atoms with E-state index in [9.17, 15) is 5.11 Å². The summed E-state index contributed by atoms with van der Waals surface area (Å²) in [6, 6.07) is 7.91. The van der Waals surface area contributed by atoms with Gasteiger partial charge in [0, 0.05) is 0 Å². The summed E-state index contributed by atoms with van der Waals surface area (Å²) in [6.45, 7) is 4.83. The topological polar surface area (TPSA) is 60.2 Å². The standard InChI is InChI=1S/C13H17N3O2/c1-10-3-5-12(6-4-10)18-8-7-16-9-13(11(2)17)14-15-16/h3-6,9,11,17H,7-8H2,1-2H3. The number of aryl methyl sites for hydroxylation is 1. The lowest BCUT2D eigenvalue weighted by Crippen LogP contribution is -2.08. The van der Waals surface area contributed by atoms with E-state index in [4.69, 9.17) is 4.74 Å². The van der Waals surface area contributed by atoms with Crippen molar-refractivity contribution >= 4 is 0 Å². The summed E-state index contributed by atoms with van der Waals surface area (Å²) in [5.41, 5.74) is 1.78. The van der Waals surface area contributed by atoms with Crippen LogP contribution in [0.25, 0.3) is 0 Å². The minimum absolute atomic E-state index is 0.520. The third-order valence-corrected chi connectivity index (χ3v) is 2.59. The summed E-state index contributed by atoms with van der Waals surface area (Å²) in [6.07, 6.45) is 1.14. The van der Waals surface area contributed by atoms with E-state index in [1.807, 2.05) is 31.2 Å². The van der Waals surface area contributed by atoms with Crippen molar-refractivity contribution in [3.8, 4) is 5.75 Å². The van der Waals surface area contributed by atoms with Gasteiger partial charge >= 0.3 is 0 Å². The lowest BCUT2D eigenvalue weighted by Gasteiger charge is -2.05. The molecule has 1 aromatic heterocycles. The van der Waals surface area contributed by atoms with Crippen LogP contribution in [0.4, 0.5) is 0 Å². The molecule has 1 N–H and O–H groups in total. The Hall–Kier alpha value is -1.88. The van der Waals surface area contributed by atoms with E-state index in [0.29, 0.717) is 18.8 Å². The Morgan fingerprint density at radius 3 is 2.67 bits per heavy atom. The minimum Gasteiger partial charge on any atom is -0.492 e. The highest BCUT2D eigenvalue weighted by atomic mass is 16.5. The van der Waals surface area contributed by atoms with Crippen LogP contribution in [0.5, 0.6) is 5.75 Å². The van der Waals surface area contributed by atoms with Crippen molar-refractivity contribution in [2.24, 2.45) is 0 Å². The Labute approximate surface area is 106 Å². The van der Waals surface area contributed by atoms with Gasteiger partial charge in [-0.3, -0.25) is 0 Å². The summed E-state index contributed by atoms with van der Waals surface area (Å²) in [7, 11) is 0. The Kier molecular flexibility index (Phi) is 3.94. The molecular weight excluding hydrogens is 230 g/mol. The van der Waals surface area contributed by atoms with Gasteiger partial charge in [0.2, 0.25) is 0 Å². The fraction of sp³-hybridized carbons (Fsp3) is 0.385. The average molecular weight is 247 g/mol. The Balaban J connectivity index is 1.82. The maximum Gasteiger partial charge on any atom is 0.119 e. The molecule has 1 heterocycles. The maximum absolute atomic E-state index is 9.32.